The van der Waals surface area contributed by atoms with Crippen LogP contribution in [-0.4, -0.2) is 20.9 Å². The van der Waals surface area contributed by atoms with E-state index in [1.807, 2.05) is 67.6 Å². The van der Waals surface area contributed by atoms with Crippen LogP contribution in [0.15, 0.2) is 76.3 Å². The van der Waals surface area contributed by atoms with Crippen molar-refractivity contribution in [3.05, 3.63) is 98.7 Å². The molecule has 4 rings (SSSR count). The van der Waals surface area contributed by atoms with E-state index in [1.165, 1.54) is 0 Å². The molecule has 1 amide bonds. The number of carbonyl (C=O) groups excluding carboxylic acids is 1. The molecule has 3 N–H and O–H groups in total. The normalized spacial score (nSPS) is 11.9. The van der Waals surface area contributed by atoms with Gasteiger partial charge in [0, 0.05) is 5.56 Å². The molecule has 0 bridgehead atoms. The predicted molar refractivity (Wildman–Crippen MR) is 115 cm³/mol. The molecule has 0 aliphatic heterocycles. The van der Waals surface area contributed by atoms with E-state index in [4.69, 9.17) is 0 Å². The number of H-pyrrole nitrogens is 2. The maximum absolute atomic E-state index is 13.2. The van der Waals surface area contributed by atoms with E-state index < -0.39 is 17.2 Å². The van der Waals surface area contributed by atoms with Gasteiger partial charge < -0.3 is 5.32 Å². The number of aromatic nitrogens is 3. The summed E-state index contributed by atoms with van der Waals surface area (Å²) in [6.45, 7) is 1.97. The lowest BCUT2D eigenvalue weighted by atomic mass is 10.0. The summed E-state index contributed by atoms with van der Waals surface area (Å²) in [6.07, 6.45) is 0.678. The van der Waals surface area contributed by atoms with Gasteiger partial charge in [0.25, 0.3) is 11.5 Å². The molecule has 2 aromatic heterocycles. The molecule has 2 heterocycles. The Morgan fingerprint density at radius 3 is 2.33 bits per heavy atom. The quantitative estimate of drug-likeness (QED) is 0.478. The van der Waals surface area contributed by atoms with Crippen LogP contribution in [0.2, 0.25) is 0 Å². The van der Waals surface area contributed by atoms with Crippen LogP contribution in [-0.2, 0) is 0 Å². The Hall–Kier alpha value is -4.00. The minimum absolute atomic E-state index is 0.0506. The minimum Gasteiger partial charge on any atom is -0.345 e. The molecule has 0 saturated carbocycles. The first-order chi connectivity index (χ1) is 14.6. The van der Waals surface area contributed by atoms with E-state index >= 15 is 0 Å². The highest BCUT2D eigenvalue weighted by Gasteiger charge is 2.20. The molecule has 0 aliphatic rings. The third-order valence-electron chi connectivity index (χ3n) is 4.94. The summed E-state index contributed by atoms with van der Waals surface area (Å²) in [4.78, 5) is 46.7. The maximum atomic E-state index is 13.2. The molecular formula is C23H20N4O3. The van der Waals surface area contributed by atoms with E-state index in [-0.39, 0.29) is 22.6 Å². The highest BCUT2D eigenvalue weighted by Crippen LogP contribution is 2.23. The standard InChI is InChI=1S/C23H20N4O3/c1-2-17(14-9-5-3-6-10-14)25-21(28)16-13-18(15-11-7-4-8-12-15)24-20-19(16)22(29)27-23(30)26-20/h3-13,17H,2H2,1H3,(H,25,28)(H2,24,26,27,29,30)/t17-/m1/s1. The van der Waals surface area contributed by atoms with Gasteiger partial charge in [0.2, 0.25) is 0 Å². The molecule has 7 nitrogen and oxygen atoms in total. The number of benzene rings is 2. The van der Waals surface area contributed by atoms with E-state index in [2.05, 4.69) is 20.3 Å². The summed E-state index contributed by atoms with van der Waals surface area (Å²) in [6, 6.07) is 20.3. The predicted octanol–water partition coefficient (Wildman–Crippen LogP) is 3.16. The molecule has 0 saturated heterocycles. The summed E-state index contributed by atoms with van der Waals surface area (Å²) >= 11 is 0. The van der Waals surface area contributed by atoms with Crippen molar-refractivity contribution in [3.63, 3.8) is 0 Å². The topological polar surface area (TPSA) is 108 Å². The summed E-state index contributed by atoms with van der Waals surface area (Å²) in [5, 5.41) is 3.05. The monoisotopic (exact) mass is 400 g/mol. The number of pyridine rings is 1. The molecule has 2 aromatic carbocycles. The Kier molecular flexibility index (Phi) is 5.26. The van der Waals surface area contributed by atoms with Crippen LogP contribution in [0.25, 0.3) is 22.3 Å². The number of carbonyl (C=O) groups is 1. The van der Waals surface area contributed by atoms with Crippen LogP contribution < -0.4 is 16.6 Å². The fraction of sp³-hybridized carbons (Fsp3) is 0.130. The summed E-state index contributed by atoms with van der Waals surface area (Å²) in [7, 11) is 0. The maximum Gasteiger partial charge on any atom is 0.327 e. The van der Waals surface area contributed by atoms with Gasteiger partial charge in [-0.1, -0.05) is 67.6 Å². The van der Waals surface area contributed by atoms with Crippen molar-refractivity contribution in [2.24, 2.45) is 0 Å². The lowest BCUT2D eigenvalue weighted by Crippen LogP contribution is -2.31. The zero-order chi connectivity index (χ0) is 21.1. The van der Waals surface area contributed by atoms with Gasteiger partial charge in [-0.15, -0.1) is 0 Å². The van der Waals surface area contributed by atoms with Crippen molar-refractivity contribution in [2.75, 3.05) is 0 Å². The van der Waals surface area contributed by atoms with E-state index in [9.17, 15) is 14.4 Å². The first-order valence-corrected chi connectivity index (χ1v) is 9.65. The Morgan fingerprint density at radius 2 is 1.67 bits per heavy atom. The molecule has 0 fully saturated rings. The lowest BCUT2D eigenvalue weighted by Gasteiger charge is -2.18. The molecule has 150 valence electrons. The molecule has 0 unspecified atom stereocenters. The summed E-state index contributed by atoms with van der Waals surface area (Å²) in [5.41, 5.74) is 1.13. The Morgan fingerprint density at radius 1 is 1.00 bits per heavy atom. The minimum atomic E-state index is -0.674. The summed E-state index contributed by atoms with van der Waals surface area (Å²) in [5.74, 6) is -0.409. The number of fused-ring (bicyclic) bond motifs is 1. The van der Waals surface area contributed by atoms with Gasteiger partial charge in [-0.2, -0.15) is 0 Å². The molecule has 4 aromatic rings. The van der Waals surface area contributed by atoms with Crippen molar-refractivity contribution in [2.45, 2.75) is 19.4 Å². The van der Waals surface area contributed by atoms with E-state index in [0.29, 0.717) is 12.1 Å². The largest absolute Gasteiger partial charge is 0.345 e. The summed E-state index contributed by atoms with van der Waals surface area (Å²) < 4.78 is 0. The SMILES string of the molecule is CC[C@@H](NC(=O)c1cc(-c2ccccc2)nc2[nH]c(=O)[nH]c(=O)c12)c1ccccc1. The number of hydrogen-bond acceptors (Lipinski definition) is 4. The molecule has 0 radical (unpaired) electrons. The smallest absolute Gasteiger partial charge is 0.327 e. The first kappa shape index (κ1) is 19.3. The van der Waals surface area contributed by atoms with Crippen molar-refractivity contribution in [1.29, 1.82) is 0 Å². The second-order valence-electron chi connectivity index (χ2n) is 6.90. The molecule has 1 atom stereocenters. The molecule has 7 heteroatoms. The third kappa shape index (κ3) is 3.77. The van der Waals surface area contributed by atoms with Crippen molar-refractivity contribution in [1.82, 2.24) is 20.3 Å². The highest BCUT2D eigenvalue weighted by molar-refractivity contribution is 6.06. The lowest BCUT2D eigenvalue weighted by molar-refractivity contribution is 0.0937. The van der Waals surface area contributed by atoms with Crippen LogP contribution in [0, 0.1) is 0 Å². The number of nitrogens with zero attached hydrogens (tertiary/aromatic N) is 1. The second-order valence-corrected chi connectivity index (χ2v) is 6.90. The zero-order valence-corrected chi connectivity index (χ0v) is 16.3. The van der Waals surface area contributed by atoms with Gasteiger partial charge in [0.1, 0.15) is 5.65 Å². The second kappa shape index (κ2) is 8.16. The fourth-order valence-electron chi connectivity index (χ4n) is 3.45. The van der Waals surface area contributed by atoms with Crippen LogP contribution in [0.1, 0.15) is 35.3 Å². The highest BCUT2D eigenvalue weighted by atomic mass is 16.2. The molecule has 0 spiro atoms. The Labute approximate surface area is 171 Å². The van der Waals surface area contributed by atoms with Crippen LogP contribution in [0.3, 0.4) is 0 Å². The molecule has 30 heavy (non-hydrogen) atoms. The number of aromatic amines is 2. The molecule has 0 aliphatic carbocycles. The van der Waals surface area contributed by atoms with Gasteiger partial charge in [0.05, 0.1) is 22.7 Å². The average molecular weight is 400 g/mol. The molecular weight excluding hydrogens is 380 g/mol. The van der Waals surface area contributed by atoms with Crippen LogP contribution in [0.5, 0.6) is 0 Å². The van der Waals surface area contributed by atoms with E-state index in [0.717, 1.165) is 11.1 Å². The van der Waals surface area contributed by atoms with Gasteiger partial charge >= 0.3 is 5.69 Å². The van der Waals surface area contributed by atoms with Gasteiger partial charge in [-0.05, 0) is 18.1 Å². The van der Waals surface area contributed by atoms with Crippen molar-refractivity contribution in [3.8, 4) is 11.3 Å². The fourth-order valence-corrected chi connectivity index (χ4v) is 3.45. The Balaban J connectivity index is 1.85. The number of rotatable bonds is 5. The van der Waals surface area contributed by atoms with E-state index in [1.54, 1.807) is 6.07 Å². The van der Waals surface area contributed by atoms with Gasteiger partial charge in [-0.3, -0.25) is 19.6 Å². The first-order valence-electron chi connectivity index (χ1n) is 9.65. The zero-order valence-electron chi connectivity index (χ0n) is 16.3. The number of hydrogen-bond donors (Lipinski definition) is 3. The Bertz CT molecular complexity index is 1310. The number of nitrogens with one attached hydrogen (secondary N) is 3. The van der Waals surface area contributed by atoms with Crippen LogP contribution >= 0.6 is 0 Å². The van der Waals surface area contributed by atoms with Crippen LogP contribution in [0.4, 0.5) is 0 Å². The van der Waals surface area contributed by atoms with Crippen molar-refractivity contribution >= 4 is 16.9 Å². The van der Waals surface area contributed by atoms with Gasteiger partial charge in [-0.25, -0.2) is 9.78 Å². The van der Waals surface area contributed by atoms with Crippen molar-refractivity contribution < 1.29 is 4.79 Å². The number of amides is 1. The average Bonchev–Trinajstić information content (AvgIpc) is 2.77. The third-order valence-corrected chi connectivity index (χ3v) is 4.94. The van der Waals surface area contributed by atoms with Gasteiger partial charge in [0.15, 0.2) is 0 Å².